The molecule has 1 aromatic heterocycles. The van der Waals surface area contributed by atoms with Crippen LogP contribution in [0.1, 0.15) is 25.5 Å². The summed E-state index contributed by atoms with van der Waals surface area (Å²) >= 11 is 0. The van der Waals surface area contributed by atoms with Crippen LogP contribution in [0.3, 0.4) is 0 Å². The first kappa shape index (κ1) is 15.8. The van der Waals surface area contributed by atoms with E-state index in [0.717, 1.165) is 24.7 Å². The number of carbonyl (C=O) groups excluding carboxylic acids is 1. The molecular weight excluding hydrogens is 270 g/mol. The van der Waals surface area contributed by atoms with E-state index >= 15 is 0 Å². The molecule has 1 aromatic rings. The van der Waals surface area contributed by atoms with Gasteiger partial charge in [0, 0.05) is 19.3 Å². The molecule has 1 atom stereocenters. The summed E-state index contributed by atoms with van der Waals surface area (Å²) in [5, 5.41) is 21.9. The second kappa shape index (κ2) is 7.99. The van der Waals surface area contributed by atoms with E-state index in [1.807, 2.05) is 0 Å². The molecule has 21 heavy (non-hydrogen) atoms. The zero-order chi connectivity index (χ0) is 15.1. The number of H-pyrrole nitrogens is 1. The molecule has 1 unspecified atom stereocenters. The summed E-state index contributed by atoms with van der Waals surface area (Å²) in [5.41, 5.74) is 0.841. The Morgan fingerprint density at radius 3 is 2.95 bits per heavy atom. The first-order valence-electron chi connectivity index (χ1n) is 7.54. The molecular formula is C14H25N5O2. The molecule has 0 aliphatic carbocycles. The number of nitrogens with one attached hydrogen (secondary N) is 3. The standard InChI is InChI=1S/C14H25N5O2/c1-11-3-6-19(7-4-11)10-13(20)9-16-14(21)15-8-12-2-5-17-18-12/h2,5,11,13,20H,3-4,6-10H2,1H3,(H,17,18)(H2,15,16,21). The van der Waals surface area contributed by atoms with Crippen LogP contribution in [0.25, 0.3) is 0 Å². The third kappa shape index (κ3) is 5.73. The van der Waals surface area contributed by atoms with Crippen molar-refractivity contribution in [2.45, 2.75) is 32.4 Å². The summed E-state index contributed by atoms with van der Waals surface area (Å²) in [5.74, 6) is 0.782. The minimum absolute atomic E-state index is 0.265. The maximum atomic E-state index is 11.6. The molecule has 0 spiro atoms. The average Bonchev–Trinajstić information content (AvgIpc) is 2.99. The Kier molecular flexibility index (Phi) is 6.01. The number of nitrogens with zero attached hydrogens (tertiary/aromatic N) is 2. The van der Waals surface area contributed by atoms with Gasteiger partial charge in [-0.2, -0.15) is 5.10 Å². The van der Waals surface area contributed by atoms with Crippen LogP contribution >= 0.6 is 0 Å². The number of amides is 2. The van der Waals surface area contributed by atoms with Crippen molar-refractivity contribution in [2.75, 3.05) is 26.2 Å². The lowest BCUT2D eigenvalue weighted by Crippen LogP contribution is -2.45. The molecule has 1 fully saturated rings. The van der Waals surface area contributed by atoms with Crippen LogP contribution in [0, 0.1) is 5.92 Å². The van der Waals surface area contributed by atoms with Crippen molar-refractivity contribution in [1.29, 1.82) is 0 Å². The molecule has 2 heterocycles. The molecule has 7 nitrogen and oxygen atoms in total. The molecule has 0 radical (unpaired) electrons. The zero-order valence-electron chi connectivity index (χ0n) is 12.5. The first-order valence-corrected chi connectivity index (χ1v) is 7.54. The highest BCUT2D eigenvalue weighted by Crippen LogP contribution is 2.15. The molecule has 1 saturated heterocycles. The van der Waals surface area contributed by atoms with Crippen LogP contribution in [0.15, 0.2) is 12.3 Å². The number of hydrogen-bond acceptors (Lipinski definition) is 4. The van der Waals surface area contributed by atoms with Crippen molar-refractivity contribution >= 4 is 6.03 Å². The van der Waals surface area contributed by atoms with Crippen molar-refractivity contribution in [3.63, 3.8) is 0 Å². The fraction of sp³-hybridized carbons (Fsp3) is 0.714. The molecule has 1 aliphatic heterocycles. The van der Waals surface area contributed by atoms with Crippen LogP contribution in [0.5, 0.6) is 0 Å². The van der Waals surface area contributed by atoms with Crippen LogP contribution < -0.4 is 10.6 Å². The molecule has 2 amide bonds. The summed E-state index contributed by atoms with van der Waals surface area (Å²) in [7, 11) is 0. The van der Waals surface area contributed by atoms with Gasteiger partial charge in [0.05, 0.1) is 18.3 Å². The Morgan fingerprint density at radius 1 is 1.52 bits per heavy atom. The Balaban J connectivity index is 1.57. The smallest absolute Gasteiger partial charge is 0.315 e. The van der Waals surface area contributed by atoms with Crippen molar-refractivity contribution in [1.82, 2.24) is 25.7 Å². The predicted octanol–water partition coefficient (Wildman–Crippen LogP) is 0.302. The number of carbonyl (C=O) groups is 1. The number of likely N-dealkylation sites (tertiary alicyclic amines) is 1. The van der Waals surface area contributed by atoms with E-state index in [-0.39, 0.29) is 12.6 Å². The number of aliphatic hydroxyl groups excluding tert-OH is 1. The second-order valence-electron chi connectivity index (χ2n) is 5.78. The van der Waals surface area contributed by atoms with Gasteiger partial charge >= 0.3 is 6.03 Å². The molecule has 0 aromatic carbocycles. The fourth-order valence-electron chi connectivity index (χ4n) is 2.44. The van der Waals surface area contributed by atoms with Crippen molar-refractivity contribution in [3.8, 4) is 0 Å². The van der Waals surface area contributed by atoms with Crippen molar-refractivity contribution < 1.29 is 9.90 Å². The number of aliphatic hydroxyl groups is 1. The lowest BCUT2D eigenvalue weighted by molar-refractivity contribution is 0.0920. The van der Waals surface area contributed by atoms with Gasteiger partial charge in [-0.3, -0.25) is 5.10 Å². The van der Waals surface area contributed by atoms with Gasteiger partial charge in [-0.25, -0.2) is 4.79 Å². The van der Waals surface area contributed by atoms with E-state index in [1.54, 1.807) is 12.3 Å². The maximum absolute atomic E-state index is 11.6. The van der Waals surface area contributed by atoms with Crippen LogP contribution in [0.4, 0.5) is 4.79 Å². The van der Waals surface area contributed by atoms with Gasteiger partial charge in [-0.15, -0.1) is 0 Å². The summed E-state index contributed by atoms with van der Waals surface area (Å²) in [6.07, 6.45) is 3.48. The number of urea groups is 1. The lowest BCUT2D eigenvalue weighted by atomic mass is 9.99. The molecule has 0 bridgehead atoms. The Morgan fingerprint density at radius 2 is 2.29 bits per heavy atom. The third-order valence-corrected chi connectivity index (χ3v) is 3.84. The van der Waals surface area contributed by atoms with E-state index in [9.17, 15) is 9.90 Å². The van der Waals surface area contributed by atoms with E-state index in [2.05, 4.69) is 32.7 Å². The number of rotatable bonds is 6. The zero-order valence-corrected chi connectivity index (χ0v) is 12.5. The van der Waals surface area contributed by atoms with Crippen LogP contribution in [0.2, 0.25) is 0 Å². The van der Waals surface area contributed by atoms with Gasteiger partial charge in [-0.1, -0.05) is 6.92 Å². The van der Waals surface area contributed by atoms with Crippen LogP contribution in [-0.2, 0) is 6.54 Å². The quantitative estimate of drug-likeness (QED) is 0.607. The minimum atomic E-state index is -0.531. The number of hydrogen-bond donors (Lipinski definition) is 4. The van der Waals surface area contributed by atoms with E-state index in [1.165, 1.54) is 12.8 Å². The SMILES string of the molecule is CC1CCN(CC(O)CNC(=O)NCc2ccn[nH]2)CC1. The highest BCUT2D eigenvalue weighted by molar-refractivity contribution is 5.73. The van der Waals surface area contributed by atoms with Crippen LogP contribution in [-0.4, -0.2) is 58.5 Å². The number of β-amino-alcohol motifs (C(OH)–C–C–N with tert-alkyl or cyclic N) is 1. The first-order chi connectivity index (χ1) is 10.1. The summed E-state index contributed by atoms with van der Waals surface area (Å²) < 4.78 is 0. The minimum Gasteiger partial charge on any atom is -0.390 e. The Bertz CT molecular complexity index is 415. The van der Waals surface area contributed by atoms with Gasteiger partial charge in [0.1, 0.15) is 0 Å². The Hall–Kier alpha value is -1.60. The van der Waals surface area contributed by atoms with Crippen molar-refractivity contribution in [2.24, 2.45) is 5.92 Å². The summed E-state index contributed by atoms with van der Waals surface area (Å²) in [6.45, 7) is 5.61. The highest BCUT2D eigenvalue weighted by Gasteiger charge is 2.18. The van der Waals surface area contributed by atoms with E-state index in [4.69, 9.17) is 0 Å². The molecule has 7 heteroatoms. The third-order valence-electron chi connectivity index (χ3n) is 3.84. The fourth-order valence-corrected chi connectivity index (χ4v) is 2.44. The molecule has 4 N–H and O–H groups in total. The molecule has 118 valence electrons. The second-order valence-corrected chi connectivity index (χ2v) is 5.78. The van der Waals surface area contributed by atoms with Gasteiger partial charge in [0.15, 0.2) is 0 Å². The Labute approximate surface area is 125 Å². The predicted molar refractivity (Wildman–Crippen MR) is 79.7 cm³/mol. The van der Waals surface area contributed by atoms with Gasteiger partial charge in [0.25, 0.3) is 0 Å². The summed E-state index contributed by atoms with van der Waals surface area (Å²) in [6, 6.07) is 1.52. The molecule has 1 aliphatic rings. The monoisotopic (exact) mass is 295 g/mol. The summed E-state index contributed by atoms with van der Waals surface area (Å²) in [4.78, 5) is 13.9. The van der Waals surface area contributed by atoms with Gasteiger partial charge in [-0.05, 0) is 37.9 Å². The molecule has 2 rings (SSSR count). The van der Waals surface area contributed by atoms with E-state index in [0.29, 0.717) is 13.1 Å². The highest BCUT2D eigenvalue weighted by atomic mass is 16.3. The molecule has 0 saturated carbocycles. The number of piperidine rings is 1. The number of aromatic amines is 1. The normalized spacial score (nSPS) is 18.4. The van der Waals surface area contributed by atoms with E-state index < -0.39 is 6.10 Å². The topological polar surface area (TPSA) is 93.3 Å². The van der Waals surface area contributed by atoms with Crippen molar-refractivity contribution in [3.05, 3.63) is 18.0 Å². The average molecular weight is 295 g/mol. The largest absolute Gasteiger partial charge is 0.390 e. The van der Waals surface area contributed by atoms with Gasteiger partial charge < -0.3 is 20.6 Å². The maximum Gasteiger partial charge on any atom is 0.315 e. The lowest BCUT2D eigenvalue weighted by Gasteiger charge is -2.31. The number of aromatic nitrogens is 2. The van der Waals surface area contributed by atoms with Gasteiger partial charge in [0.2, 0.25) is 0 Å².